The van der Waals surface area contributed by atoms with Gasteiger partial charge in [-0.2, -0.15) is 0 Å². The van der Waals surface area contributed by atoms with Crippen LogP contribution in [0.3, 0.4) is 0 Å². The van der Waals surface area contributed by atoms with Crippen LogP contribution in [0.25, 0.3) is 0 Å². The topological polar surface area (TPSA) is 42.1 Å². The van der Waals surface area contributed by atoms with Gasteiger partial charge in [-0.05, 0) is 19.9 Å². The molecule has 1 rings (SSSR count). The first-order valence-electron chi connectivity index (χ1n) is 5.91. The molecule has 0 amide bonds. The van der Waals surface area contributed by atoms with Crippen LogP contribution in [0.5, 0.6) is 0 Å². The van der Waals surface area contributed by atoms with E-state index in [9.17, 15) is 0 Å². The van der Waals surface area contributed by atoms with Crippen LogP contribution in [0.1, 0.15) is 43.9 Å². The van der Waals surface area contributed by atoms with E-state index in [1.165, 1.54) is 6.42 Å². The molecule has 0 saturated carbocycles. The van der Waals surface area contributed by atoms with Crippen LogP contribution in [0.15, 0.2) is 5.38 Å². The summed E-state index contributed by atoms with van der Waals surface area (Å²) in [5.74, 6) is 0.747. The second-order valence-corrected chi connectivity index (χ2v) is 5.57. The van der Waals surface area contributed by atoms with Crippen LogP contribution >= 0.6 is 11.3 Å². The van der Waals surface area contributed by atoms with Crippen molar-refractivity contribution in [3.8, 4) is 0 Å². The Kier molecular flexibility index (Phi) is 5.38. The Labute approximate surface area is 103 Å². The normalized spacial score (nSPS) is 15.4. The number of rotatable bonds is 6. The van der Waals surface area contributed by atoms with Crippen molar-refractivity contribution in [2.45, 2.75) is 39.8 Å². The summed E-state index contributed by atoms with van der Waals surface area (Å²) >= 11 is 1.66. The lowest BCUT2D eigenvalue weighted by atomic mass is 10.1. The molecular formula is C12H23N3S. The summed E-state index contributed by atoms with van der Waals surface area (Å²) in [4.78, 5) is 6.86. The summed E-state index contributed by atoms with van der Waals surface area (Å²) < 4.78 is 0. The molecule has 4 heteroatoms. The lowest BCUT2D eigenvalue weighted by molar-refractivity contribution is 0.273. The van der Waals surface area contributed by atoms with Crippen molar-refractivity contribution in [3.05, 3.63) is 16.1 Å². The molecule has 0 spiro atoms. The number of hydrogen-bond donors (Lipinski definition) is 1. The predicted octanol–water partition coefficient (Wildman–Crippen LogP) is 2.64. The average Bonchev–Trinajstić information content (AvgIpc) is 2.65. The van der Waals surface area contributed by atoms with Crippen molar-refractivity contribution in [2.24, 2.45) is 11.7 Å². The highest BCUT2D eigenvalue weighted by Gasteiger charge is 2.09. The quantitative estimate of drug-likeness (QED) is 0.832. The predicted molar refractivity (Wildman–Crippen MR) is 70.5 cm³/mol. The molecule has 0 bridgehead atoms. The van der Waals surface area contributed by atoms with Crippen LogP contribution in [-0.2, 0) is 6.54 Å². The first-order valence-corrected chi connectivity index (χ1v) is 6.79. The third-order valence-electron chi connectivity index (χ3n) is 2.71. The first-order chi connectivity index (χ1) is 7.52. The first kappa shape index (κ1) is 13.6. The summed E-state index contributed by atoms with van der Waals surface area (Å²) in [5, 5.41) is 3.15. The van der Waals surface area contributed by atoms with E-state index < -0.39 is 0 Å². The van der Waals surface area contributed by atoms with Gasteiger partial charge in [-0.1, -0.05) is 20.3 Å². The smallest absolute Gasteiger partial charge is 0.109 e. The van der Waals surface area contributed by atoms with E-state index in [1.807, 2.05) is 6.92 Å². The fourth-order valence-corrected chi connectivity index (χ4v) is 2.38. The van der Waals surface area contributed by atoms with E-state index in [1.54, 1.807) is 11.3 Å². The number of nitrogens with zero attached hydrogens (tertiary/aromatic N) is 2. The van der Waals surface area contributed by atoms with Gasteiger partial charge in [0.2, 0.25) is 0 Å². The maximum Gasteiger partial charge on any atom is 0.109 e. The summed E-state index contributed by atoms with van der Waals surface area (Å²) in [5.41, 5.74) is 6.94. The Morgan fingerprint density at radius 1 is 1.50 bits per heavy atom. The molecule has 16 heavy (non-hydrogen) atoms. The molecule has 0 radical (unpaired) electrons. The van der Waals surface area contributed by atoms with Gasteiger partial charge >= 0.3 is 0 Å². The lowest BCUT2D eigenvalue weighted by Crippen LogP contribution is -2.23. The van der Waals surface area contributed by atoms with Crippen molar-refractivity contribution < 1.29 is 0 Å². The largest absolute Gasteiger partial charge is 0.322 e. The van der Waals surface area contributed by atoms with E-state index in [0.717, 1.165) is 29.7 Å². The van der Waals surface area contributed by atoms with Gasteiger partial charge in [0.1, 0.15) is 5.01 Å². The summed E-state index contributed by atoms with van der Waals surface area (Å²) in [6, 6.07) is 0.0543. The summed E-state index contributed by atoms with van der Waals surface area (Å²) in [6.07, 6.45) is 1.23. The van der Waals surface area contributed by atoms with Gasteiger partial charge in [0.15, 0.2) is 0 Å². The highest BCUT2D eigenvalue weighted by molar-refractivity contribution is 7.09. The zero-order valence-corrected chi connectivity index (χ0v) is 11.5. The molecule has 2 N–H and O–H groups in total. The zero-order chi connectivity index (χ0) is 12.1. The molecule has 1 heterocycles. The third-order valence-corrected chi connectivity index (χ3v) is 3.81. The van der Waals surface area contributed by atoms with Crippen molar-refractivity contribution in [3.63, 3.8) is 0 Å². The minimum absolute atomic E-state index is 0.0543. The standard InChI is InChI=1S/C12H23N3S/c1-5-9(2)6-15(4)7-11-8-16-12(14-11)10(3)13/h8-10H,5-7,13H2,1-4H3. The van der Waals surface area contributed by atoms with Gasteiger partial charge in [-0.25, -0.2) is 4.98 Å². The second-order valence-electron chi connectivity index (χ2n) is 4.68. The molecule has 0 aliphatic carbocycles. The highest BCUT2D eigenvalue weighted by Crippen LogP contribution is 2.17. The maximum absolute atomic E-state index is 5.79. The summed E-state index contributed by atoms with van der Waals surface area (Å²) in [6.45, 7) is 8.54. The van der Waals surface area contributed by atoms with Gasteiger partial charge < -0.3 is 10.6 Å². The second kappa shape index (κ2) is 6.33. The Morgan fingerprint density at radius 3 is 2.69 bits per heavy atom. The van der Waals surface area contributed by atoms with E-state index in [0.29, 0.717) is 0 Å². The van der Waals surface area contributed by atoms with Gasteiger partial charge in [-0.3, -0.25) is 0 Å². The fraction of sp³-hybridized carbons (Fsp3) is 0.750. The van der Waals surface area contributed by atoms with Crippen molar-refractivity contribution in [2.75, 3.05) is 13.6 Å². The lowest BCUT2D eigenvalue weighted by Gasteiger charge is -2.19. The van der Waals surface area contributed by atoms with Crippen LogP contribution < -0.4 is 5.73 Å². The van der Waals surface area contributed by atoms with Gasteiger partial charge in [0.25, 0.3) is 0 Å². The van der Waals surface area contributed by atoms with Crippen LogP contribution in [0.2, 0.25) is 0 Å². The average molecular weight is 241 g/mol. The Hall–Kier alpha value is -0.450. The van der Waals surface area contributed by atoms with Crippen LogP contribution in [-0.4, -0.2) is 23.5 Å². The molecular weight excluding hydrogens is 218 g/mol. The molecule has 0 aromatic carbocycles. The Morgan fingerprint density at radius 2 is 2.19 bits per heavy atom. The van der Waals surface area contributed by atoms with Crippen LogP contribution in [0.4, 0.5) is 0 Å². The molecule has 0 aliphatic rings. The van der Waals surface area contributed by atoms with Crippen LogP contribution in [0, 0.1) is 5.92 Å². The molecule has 3 nitrogen and oxygen atoms in total. The maximum atomic E-state index is 5.79. The zero-order valence-electron chi connectivity index (χ0n) is 10.7. The molecule has 92 valence electrons. The monoisotopic (exact) mass is 241 g/mol. The molecule has 2 atom stereocenters. The number of thiazole rings is 1. The SMILES string of the molecule is CCC(C)CN(C)Cc1csc(C(C)N)n1. The molecule has 0 aliphatic heterocycles. The molecule has 1 aromatic rings. The minimum Gasteiger partial charge on any atom is -0.322 e. The summed E-state index contributed by atoms with van der Waals surface area (Å²) in [7, 11) is 2.15. The third kappa shape index (κ3) is 4.20. The van der Waals surface area contributed by atoms with Crippen molar-refractivity contribution in [1.29, 1.82) is 0 Å². The van der Waals surface area contributed by atoms with Crippen molar-refractivity contribution in [1.82, 2.24) is 9.88 Å². The molecule has 2 unspecified atom stereocenters. The molecule has 0 fully saturated rings. The molecule has 1 aromatic heterocycles. The molecule has 0 saturated heterocycles. The number of aromatic nitrogens is 1. The number of hydrogen-bond acceptors (Lipinski definition) is 4. The van der Waals surface area contributed by atoms with Crippen molar-refractivity contribution >= 4 is 11.3 Å². The Balaban J connectivity index is 2.46. The highest BCUT2D eigenvalue weighted by atomic mass is 32.1. The van der Waals surface area contributed by atoms with E-state index in [2.05, 4.69) is 36.2 Å². The van der Waals surface area contributed by atoms with E-state index in [-0.39, 0.29) is 6.04 Å². The van der Waals surface area contributed by atoms with Gasteiger partial charge in [0, 0.05) is 18.5 Å². The van der Waals surface area contributed by atoms with E-state index in [4.69, 9.17) is 5.73 Å². The number of nitrogens with two attached hydrogens (primary N) is 1. The van der Waals surface area contributed by atoms with Gasteiger partial charge in [-0.15, -0.1) is 11.3 Å². The van der Waals surface area contributed by atoms with E-state index >= 15 is 0 Å². The Bertz CT molecular complexity index is 309. The minimum atomic E-state index is 0.0543. The fourth-order valence-electron chi connectivity index (χ4n) is 1.61. The van der Waals surface area contributed by atoms with Gasteiger partial charge in [0.05, 0.1) is 11.7 Å².